The highest BCUT2D eigenvalue weighted by Crippen LogP contribution is 2.46. The molecule has 0 unspecified atom stereocenters. The molecule has 278 valence electrons. The molecule has 0 spiro atoms. The van der Waals surface area contributed by atoms with Gasteiger partial charge >= 0.3 is 6.92 Å². The third kappa shape index (κ3) is 4.37. The van der Waals surface area contributed by atoms with Crippen molar-refractivity contribution in [2.75, 3.05) is 0 Å². The summed E-state index contributed by atoms with van der Waals surface area (Å²) in [5.74, 6) is 2.41. The molecule has 12 aromatic rings. The van der Waals surface area contributed by atoms with Crippen molar-refractivity contribution in [2.45, 2.75) is 0 Å². The number of ether oxygens (including phenoxy) is 1. The molecule has 0 aliphatic carbocycles. The molecule has 2 aliphatic rings. The Hall–Kier alpha value is -7.96. The van der Waals surface area contributed by atoms with E-state index in [0.717, 1.165) is 111 Å². The maximum atomic E-state index is 7.02. The Balaban J connectivity index is 0.927. The molecule has 60 heavy (non-hydrogen) atoms. The average molecular weight is 768 g/mol. The van der Waals surface area contributed by atoms with Crippen LogP contribution in [0.1, 0.15) is 0 Å². The molecule has 0 saturated carbocycles. The van der Waals surface area contributed by atoms with Crippen LogP contribution in [0.2, 0.25) is 0 Å². The van der Waals surface area contributed by atoms with Crippen LogP contribution < -0.4 is 20.3 Å². The van der Waals surface area contributed by atoms with Crippen LogP contribution in [-0.4, -0.2) is 11.5 Å². The molecule has 6 heteroatoms. The van der Waals surface area contributed by atoms with Crippen LogP contribution in [0.15, 0.2) is 191 Å². The number of fused-ring (bicyclic) bond motifs is 14. The number of nitrogens with zero attached hydrogens (tertiary/aromatic N) is 1. The first kappa shape index (κ1) is 32.1. The molecule has 0 N–H and O–H groups in total. The monoisotopic (exact) mass is 767 g/mol. The van der Waals surface area contributed by atoms with Gasteiger partial charge in [0.1, 0.15) is 39.6 Å². The van der Waals surface area contributed by atoms with Gasteiger partial charge in [0, 0.05) is 54.7 Å². The largest absolute Gasteiger partial charge is 0.551 e. The van der Waals surface area contributed by atoms with Crippen molar-refractivity contribution >= 4 is 83.5 Å². The minimum Gasteiger partial charge on any atom is -0.551 e. The van der Waals surface area contributed by atoms with Gasteiger partial charge in [0.05, 0.1) is 16.4 Å². The molecule has 3 aromatic heterocycles. The van der Waals surface area contributed by atoms with Crippen molar-refractivity contribution in [3.05, 3.63) is 182 Å². The minimum absolute atomic E-state index is 0.328. The maximum Gasteiger partial charge on any atom is 0.434 e. The zero-order valence-corrected chi connectivity index (χ0v) is 32.0. The van der Waals surface area contributed by atoms with Crippen molar-refractivity contribution in [1.82, 2.24) is 4.57 Å². The first-order valence-corrected chi connectivity index (χ1v) is 20.3. The van der Waals surface area contributed by atoms with Crippen molar-refractivity contribution < 1.29 is 18.2 Å². The number of aromatic nitrogens is 1. The van der Waals surface area contributed by atoms with Crippen LogP contribution in [0.25, 0.3) is 105 Å². The number of para-hydroxylation sites is 5. The van der Waals surface area contributed by atoms with Gasteiger partial charge in [-0.3, -0.25) is 0 Å². The fourth-order valence-electron chi connectivity index (χ4n) is 10.0. The Morgan fingerprint density at radius 3 is 1.98 bits per heavy atom. The van der Waals surface area contributed by atoms with Crippen LogP contribution in [0.5, 0.6) is 17.2 Å². The Bertz CT molecular complexity index is 3760. The van der Waals surface area contributed by atoms with E-state index in [1.807, 2.05) is 24.3 Å². The van der Waals surface area contributed by atoms with Crippen LogP contribution in [-0.2, 0) is 0 Å². The zero-order chi connectivity index (χ0) is 39.1. The summed E-state index contributed by atoms with van der Waals surface area (Å²) in [6.07, 6.45) is 0. The van der Waals surface area contributed by atoms with E-state index in [9.17, 15) is 0 Å². The van der Waals surface area contributed by atoms with Gasteiger partial charge in [0.2, 0.25) is 0 Å². The van der Waals surface area contributed by atoms with E-state index in [1.165, 1.54) is 21.8 Å². The predicted molar refractivity (Wildman–Crippen MR) is 244 cm³/mol. The average Bonchev–Trinajstić information content (AvgIpc) is 3.98. The summed E-state index contributed by atoms with van der Waals surface area (Å²) >= 11 is 0. The van der Waals surface area contributed by atoms with Gasteiger partial charge in [0.15, 0.2) is 0 Å². The topological polar surface area (TPSA) is 49.7 Å². The van der Waals surface area contributed by atoms with Crippen LogP contribution in [0, 0.1) is 0 Å². The van der Waals surface area contributed by atoms with Crippen molar-refractivity contribution in [2.24, 2.45) is 0 Å². The number of hydrogen-bond acceptors (Lipinski definition) is 4. The van der Waals surface area contributed by atoms with Gasteiger partial charge in [0.25, 0.3) is 0 Å². The smallest absolute Gasteiger partial charge is 0.434 e. The molecule has 0 bridgehead atoms. The van der Waals surface area contributed by atoms with Gasteiger partial charge in [-0.05, 0) is 89.0 Å². The normalized spacial score (nSPS) is 12.9. The SMILES string of the molecule is c1cc(-c2ccc3c(c2)Oc2cc(-c4cccc5c4oc4c5ccc5oc6ccccc6c54)cc4c2B3Oc2ccccc2-4)cc(-n2c3ccccc3c3ccccc32)c1. The van der Waals surface area contributed by atoms with E-state index in [4.69, 9.17) is 18.2 Å². The molecule has 0 amide bonds. The second kappa shape index (κ2) is 11.8. The minimum atomic E-state index is -0.328. The first-order valence-electron chi connectivity index (χ1n) is 20.3. The summed E-state index contributed by atoms with van der Waals surface area (Å²) in [5, 5.41) is 6.64. The van der Waals surface area contributed by atoms with Crippen molar-refractivity contribution in [1.29, 1.82) is 0 Å². The molecular weight excluding hydrogens is 737 g/mol. The summed E-state index contributed by atoms with van der Waals surface area (Å²) in [5.41, 5.74) is 15.2. The first-order chi connectivity index (χ1) is 29.7. The van der Waals surface area contributed by atoms with Crippen molar-refractivity contribution in [3.8, 4) is 56.3 Å². The number of rotatable bonds is 3. The van der Waals surface area contributed by atoms with Crippen LogP contribution in [0.3, 0.4) is 0 Å². The second-order valence-electron chi connectivity index (χ2n) is 15.9. The van der Waals surface area contributed by atoms with Crippen LogP contribution in [0.4, 0.5) is 0 Å². The number of hydrogen-bond donors (Lipinski definition) is 0. The summed E-state index contributed by atoms with van der Waals surface area (Å²) in [6.45, 7) is -0.328. The fourth-order valence-corrected chi connectivity index (χ4v) is 10.0. The summed E-state index contributed by atoms with van der Waals surface area (Å²) < 4.78 is 29.4. The highest BCUT2D eigenvalue weighted by atomic mass is 16.5. The summed E-state index contributed by atoms with van der Waals surface area (Å²) in [6, 6.07) is 64.0. The lowest BCUT2D eigenvalue weighted by atomic mass is 9.50. The molecule has 0 atom stereocenters. The van der Waals surface area contributed by atoms with E-state index in [2.05, 4.69) is 162 Å². The van der Waals surface area contributed by atoms with Crippen molar-refractivity contribution in [3.63, 3.8) is 0 Å². The van der Waals surface area contributed by atoms with Crippen LogP contribution >= 0.6 is 0 Å². The predicted octanol–water partition coefficient (Wildman–Crippen LogP) is 13.2. The van der Waals surface area contributed by atoms with Gasteiger partial charge < -0.3 is 22.8 Å². The molecule has 2 aliphatic heterocycles. The summed E-state index contributed by atoms with van der Waals surface area (Å²) in [7, 11) is 0. The zero-order valence-electron chi connectivity index (χ0n) is 32.0. The van der Waals surface area contributed by atoms with E-state index in [0.29, 0.717) is 0 Å². The lowest BCUT2D eigenvalue weighted by Gasteiger charge is -2.33. The third-order valence-corrected chi connectivity index (χ3v) is 12.7. The Labute approximate surface area is 343 Å². The quantitative estimate of drug-likeness (QED) is 0.168. The Morgan fingerprint density at radius 1 is 0.400 bits per heavy atom. The lowest BCUT2D eigenvalue weighted by Crippen LogP contribution is -2.53. The van der Waals surface area contributed by atoms with Gasteiger partial charge in [-0.2, -0.15) is 0 Å². The molecule has 0 fully saturated rings. The van der Waals surface area contributed by atoms with E-state index >= 15 is 0 Å². The second-order valence-corrected chi connectivity index (χ2v) is 15.9. The Kier molecular flexibility index (Phi) is 6.31. The maximum absolute atomic E-state index is 7.02. The standard InChI is InChI=1S/C54H30BNO4/c1-5-19-44-36(13-1)37-14-2-6-20-45(37)56(44)34-12-9-11-31(27-34)32-23-25-43-49(29-32)58-50-30-33(28-42-38-15-3-8-22-47(38)60-55(43)52(42)50)35-17-10-18-39-40-24-26-48-51(54(40)59-53(35)39)41-16-4-7-21-46(41)57-48/h1-30H. The molecule has 5 heterocycles. The van der Waals surface area contributed by atoms with Gasteiger partial charge in [-0.15, -0.1) is 0 Å². The van der Waals surface area contributed by atoms with E-state index in [1.54, 1.807) is 0 Å². The molecule has 0 saturated heterocycles. The molecule has 0 radical (unpaired) electrons. The van der Waals surface area contributed by atoms with E-state index in [-0.39, 0.29) is 6.92 Å². The number of furan rings is 2. The van der Waals surface area contributed by atoms with Gasteiger partial charge in [-0.25, -0.2) is 0 Å². The molecule has 5 nitrogen and oxygen atoms in total. The third-order valence-electron chi connectivity index (χ3n) is 12.7. The molecular formula is C54H30BNO4. The Morgan fingerprint density at radius 2 is 1.10 bits per heavy atom. The highest BCUT2D eigenvalue weighted by Gasteiger charge is 2.41. The fraction of sp³-hybridized carbons (Fsp3) is 0. The lowest BCUT2D eigenvalue weighted by molar-refractivity contribution is 0.480. The van der Waals surface area contributed by atoms with Gasteiger partial charge in [-0.1, -0.05) is 115 Å². The highest BCUT2D eigenvalue weighted by molar-refractivity contribution is 6.84. The number of benzene rings is 9. The van der Waals surface area contributed by atoms with E-state index < -0.39 is 0 Å². The summed E-state index contributed by atoms with van der Waals surface area (Å²) in [4.78, 5) is 0. The molecule has 14 rings (SSSR count). The molecule has 9 aromatic carbocycles.